The zero-order chi connectivity index (χ0) is 13.8. The molecule has 0 bridgehead atoms. The fourth-order valence-electron chi connectivity index (χ4n) is 2.70. The molecule has 0 aliphatic carbocycles. The van der Waals surface area contributed by atoms with Crippen LogP contribution in [0.5, 0.6) is 0 Å². The molecule has 0 aromatic heterocycles. The van der Waals surface area contributed by atoms with Gasteiger partial charge in [-0.15, -0.1) is 11.8 Å². The first kappa shape index (κ1) is 14.7. The molecule has 3 heteroatoms. The molecule has 1 fully saturated rings. The van der Waals surface area contributed by atoms with E-state index in [9.17, 15) is 0 Å². The van der Waals surface area contributed by atoms with Gasteiger partial charge in [0.15, 0.2) is 0 Å². The van der Waals surface area contributed by atoms with Gasteiger partial charge in [0.05, 0.1) is 0 Å². The standard InChI is InChI=1S/C16H26N2S/c1-5-12(2)16-11-18(13(3)10-17-16)14-7-6-8-15(9-14)19-4/h6-9,12-13,16-17H,5,10-11H2,1-4H3. The molecule has 19 heavy (non-hydrogen) atoms. The lowest BCUT2D eigenvalue weighted by Crippen LogP contribution is -2.57. The van der Waals surface area contributed by atoms with Crippen LogP contribution < -0.4 is 10.2 Å². The number of nitrogens with zero attached hydrogens (tertiary/aromatic N) is 1. The Hall–Kier alpha value is -0.670. The van der Waals surface area contributed by atoms with E-state index in [4.69, 9.17) is 0 Å². The summed E-state index contributed by atoms with van der Waals surface area (Å²) >= 11 is 1.82. The van der Waals surface area contributed by atoms with Crippen molar-refractivity contribution in [1.29, 1.82) is 0 Å². The third kappa shape index (κ3) is 3.46. The molecular formula is C16H26N2S. The molecule has 2 rings (SSSR count). The maximum atomic E-state index is 3.70. The topological polar surface area (TPSA) is 15.3 Å². The van der Waals surface area contributed by atoms with Crippen molar-refractivity contribution in [2.45, 2.75) is 44.2 Å². The minimum atomic E-state index is 0.567. The van der Waals surface area contributed by atoms with Crippen LogP contribution in [-0.2, 0) is 0 Å². The molecule has 0 amide bonds. The van der Waals surface area contributed by atoms with Crippen molar-refractivity contribution in [3.8, 4) is 0 Å². The van der Waals surface area contributed by atoms with E-state index in [1.807, 2.05) is 11.8 Å². The fourth-order valence-corrected chi connectivity index (χ4v) is 3.16. The Balaban J connectivity index is 2.16. The number of piperazine rings is 1. The summed E-state index contributed by atoms with van der Waals surface area (Å²) < 4.78 is 0. The predicted molar refractivity (Wildman–Crippen MR) is 86.3 cm³/mol. The Bertz CT molecular complexity index is 407. The number of benzene rings is 1. The number of nitrogens with one attached hydrogen (secondary N) is 1. The second kappa shape index (κ2) is 6.67. The number of thioether (sulfide) groups is 1. The summed E-state index contributed by atoms with van der Waals surface area (Å²) in [4.78, 5) is 3.91. The lowest BCUT2D eigenvalue weighted by Gasteiger charge is -2.42. The van der Waals surface area contributed by atoms with Crippen molar-refractivity contribution in [3.05, 3.63) is 24.3 Å². The van der Waals surface area contributed by atoms with Gasteiger partial charge in [0, 0.05) is 35.8 Å². The van der Waals surface area contributed by atoms with Gasteiger partial charge in [-0.3, -0.25) is 0 Å². The predicted octanol–water partition coefficient (Wildman–Crippen LogP) is 3.62. The molecular weight excluding hydrogens is 252 g/mol. The Morgan fingerprint density at radius 2 is 2.26 bits per heavy atom. The lowest BCUT2D eigenvalue weighted by molar-refractivity contribution is 0.316. The summed E-state index contributed by atoms with van der Waals surface area (Å²) in [6.07, 6.45) is 3.38. The third-order valence-electron chi connectivity index (χ3n) is 4.32. The van der Waals surface area contributed by atoms with Crippen LogP contribution in [0.1, 0.15) is 27.2 Å². The Morgan fingerprint density at radius 3 is 2.95 bits per heavy atom. The van der Waals surface area contributed by atoms with Crippen LogP contribution in [0.4, 0.5) is 5.69 Å². The van der Waals surface area contributed by atoms with Gasteiger partial charge in [-0.1, -0.05) is 26.3 Å². The Morgan fingerprint density at radius 1 is 1.47 bits per heavy atom. The molecule has 0 spiro atoms. The van der Waals surface area contributed by atoms with Crippen LogP contribution in [0.25, 0.3) is 0 Å². The highest BCUT2D eigenvalue weighted by Gasteiger charge is 2.27. The molecule has 1 saturated heterocycles. The minimum absolute atomic E-state index is 0.567. The molecule has 106 valence electrons. The molecule has 1 aliphatic heterocycles. The molecule has 0 saturated carbocycles. The van der Waals surface area contributed by atoms with Gasteiger partial charge in [0.25, 0.3) is 0 Å². The fraction of sp³-hybridized carbons (Fsp3) is 0.625. The van der Waals surface area contributed by atoms with Crippen LogP contribution in [0.2, 0.25) is 0 Å². The minimum Gasteiger partial charge on any atom is -0.366 e. The van der Waals surface area contributed by atoms with Crippen LogP contribution in [-0.4, -0.2) is 31.4 Å². The number of anilines is 1. The average molecular weight is 278 g/mol. The van der Waals surface area contributed by atoms with Gasteiger partial charge < -0.3 is 10.2 Å². The summed E-state index contributed by atoms with van der Waals surface area (Å²) in [7, 11) is 0. The maximum Gasteiger partial charge on any atom is 0.0387 e. The molecule has 1 N–H and O–H groups in total. The summed E-state index contributed by atoms with van der Waals surface area (Å²) in [5.74, 6) is 0.735. The second-order valence-corrected chi connectivity index (χ2v) is 6.48. The van der Waals surface area contributed by atoms with Gasteiger partial charge in [-0.2, -0.15) is 0 Å². The van der Waals surface area contributed by atoms with E-state index >= 15 is 0 Å². The quantitative estimate of drug-likeness (QED) is 0.847. The number of hydrogen-bond acceptors (Lipinski definition) is 3. The number of hydrogen-bond donors (Lipinski definition) is 1. The number of rotatable bonds is 4. The summed E-state index contributed by atoms with van der Waals surface area (Å²) in [6.45, 7) is 9.14. The van der Waals surface area contributed by atoms with E-state index in [1.165, 1.54) is 17.0 Å². The summed E-state index contributed by atoms with van der Waals surface area (Å²) in [5.41, 5.74) is 1.37. The average Bonchev–Trinajstić information content (AvgIpc) is 2.47. The van der Waals surface area contributed by atoms with Gasteiger partial charge in [-0.05, 0) is 37.3 Å². The summed E-state index contributed by atoms with van der Waals surface area (Å²) in [6, 6.07) is 10.1. The van der Waals surface area contributed by atoms with Gasteiger partial charge in [-0.25, -0.2) is 0 Å². The van der Waals surface area contributed by atoms with E-state index in [0.29, 0.717) is 12.1 Å². The molecule has 0 radical (unpaired) electrons. The highest BCUT2D eigenvalue weighted by molar-refractivity contribution is 7.98. The third-order valence-corrected chi connectivity index (χ3v) is 5.04. The van der Waals surface area contributed by atoms with Gasteiger partial charge >= 0.3 is 0 Å². The summed E-state index contributed by atoms with van der Waals surface area (Å²) in [5, 5.41) is 3.70. The van der Waals surface area contributed by atoms with E-state index in [2.05, 4.69) is 61.5 Å². The molecule has 3 unspecified atom stereocenters. The molecule has 1 aromatic carbocycles. The molecule has 1 aromatic rings. The van der Waals surface area contributed by atoms with Gasteiger partial charge in [0.1, 0.15) is 0 Å². The van der Waals surface area contributed by atoms with Crippen LogP contribution >= 0.6 is 11.8 Å². The van der Waals surface area contributed by atoms with Crippen molar-refractivity contribution in [2.24, 2.45) is 5.92 Å². The SMILES string of the molecule is CCC(C)C1CN(c2cccc(SC)c2)C(C)CN1. The molecule has 2 nitrogen and oxygen atoms in total. The van der Waals surface area contributed by atoms with Crippen LogP contribution in [0, 0.1) is 5.92 Å². The van der Waals surface area contributed by atoms with Crippen molar-refractivity contribution in [3.63, 3.8) is 0 Å². The maximum absolute atomic E-state index is 3.70. The largest absolute Gasteiger partial charge is 0.366 e. The van der Waals surface area contributed by atoms with Crippen molar-refractivity contribution >= 4 is 17.4 Å². The van der Waals surface area contributed by atoms with E-state index in [0.717, 1.165) is 19.0 Å². The van der Waals surface area contributed by atoms with Crippen LogP contribution in [0.15, 0.2) is 29.2 Å². The van der Waals surface area contributed by atoms with Crippen LogP contribution in [0.3, 0.4) is 0 Å². The second-order valence-electron chi connectivity index (χ2n) is 5.60. The highest BCUT2D eigenvalue weighted by atomic mass is 32.2. The zero-order valence-corrected chi connectivity index (χ0v) is 13.3. The Kier molecular flexibility index (Phi) is 5.17. The molecule has 1 aliphatic rings. The van der Waals surface area contributed by atoms with E-state index in [-0.39, 0.29) is 0 Å². The smallest absolute Gasteiger partial charge is 0.0387 e. The van der Waals surface area contributed by atoms with Crippen molar-refractivity contribution in [2.75, 3.05) is 24.2 Å². The monoisotopic (exact) mass is 278 g/mol. The highest BCUT2D eigenvalue weighted by Crippen LogP contribution is 2.26. The molecule has 1 heterocycles. The van der Waals surface area contributed by atoms with Crippen molar-refractivity contribution < 1.29 is 0 Å². The molecule has 3 atom stereocenters. The zero-order valence-electron chi connectivity index (χ0n) is 12.5. The Labute approximate surface area is 122 Å². The first-order valence-electron chi connectivity index (χ1n) is 7.29. The van der Waals surface area contributed by atoms with E-state index < -0.39 is 0 Å². The lowest BCUT2D eigenvalue weighted by atomic mass is 9.95. The van der Waals surface area contributed by atoms with Crippen molar-refractivity contribution in [1.82, 2.24) is 5.32 Å². The first-order chi connectivity index (χ1) is 9.15. The van der Waals surface area contributed by atoms with Gasteiger partial charge in [0.2, 0.25) is 0 Å². The normalized spacial score (nSPS) is 25.4. The van der Waals surface area contributed by atoms with E-state index in [1.54, 1.807) is 0 Å². The first-order valence-corrected chi connectivity index (χ1v) is 8.52.